The fraction of sp³-hybridized carbons (Fsp3) is 0.0833. The minimum absolute atomic E-state index is 0.242. The first kappa shape index (κ1) is 14.8. The third-order valence-corrected chi connectivity index (χ3v) is 7.15. The van der Waals surface area contributed by atoms with Gasteiger partial charge in [-0.25, -0.2) is 13.4 Å². The van der Waals surface area contributed by atoms with Gasteiger partial charge in [0.2, 0.25) is 0 Å². The number of thiazole rings is 1. The van der Waals surface area contributed by atoms with Gasteiger partial charge in [-0.1, -0.05) is 11.3 Å². The van der Waals surface area contributed by atoms with Crippen molar-refractivity contribution in [2.75, 3.05) is 11.8 Å². The number of aromatic nitrogens is 1. The van der Waals surface area contributed by atoms with Crippen molar-refractivity contribution >= 4 is 64.0 Å². The zero-order valence-electron chi connectivity index (χ0n) is 10.7. The number of halogens is 1. The van der Waals surface area contributed by atoms with E-state index in [0.717, 1.165) is 25.3 Å². The average Bonchev–Trinajstić information content (AvgIpc) is 3.03. The summed E-state index contributed by atoms with van der Waals surface area (Å²) in [6.45, 7) is 0. The zero-order chi connectivity index (χ0) is 15.0. The number of anilines is 1. The summed E-state index contributed by atoms with van der Waals surface area (Å²) in [5.41, 5.74) is 0.728. The van der Waals surface area contributed by atoms with E-state index >= 15 is 0 Å². The number of sulfonamides is 1. The first-order valence-electron chi connectivity index (χ1n) is 5.71. The lowest BCUT2D eigenvalue weighted by molar-refractivity contribution is 0.415. The molecule has 110 valence electrons. The van der Waals surface area contributed by atoms with Crippen LogP contribution in [0.3, 0.4) is 0 Å². The van der Waals surface area contributed by atoms with Crippen LogP contribution < -0.4 is 9.46 Å². The van der Waals surface area contributed by atoms with Crippen LogP contribution in [0.2, 0.25) is 0 Å². The molecular weight excluding hydrogens is 396 g/mol. The fourth-order valence-corrected chi connectivity index (χ4v) is 5.82. The van der Waals surface area contributed by atoms with Crippen LogP contribution in [0.25, 0.3) is 10.2 Å². The van der Waals surface area contributed by atoms with E-state index in [1.165, 1.54) is 11.3 Å². The Morgan fingerprint density at radius 1 is 1.24 bits per heavy atom. The van der Waals surface area contributed by atoms with E-state index in [4.69, 9.17) is 4.74 Å². The number of ether oxygens (including phenoxy) is 1. The molecule has 0 bridgehead atoms. The van der Waals surface area contributed by atoms with Gasteiger partial charge in [0, 0.05) is 0 Å². The summed E-state index contributed by atoms with van der Waals surface area (Å²) in [5, 5.41) is 0.336. The second kappa shape index (κ2) is 5.56. The molecule has 2 aromatic heterocycles. The summed E-state index contributed by atoms with van der Waals surface area (Å²) in [4.78, 5) is 4.27. The summed E-state index contributed by atoms with van der Waals surface area (Å²) in [5.74, 6) is 0.711. The number of thiophene rings is 1. The lowest BCUT2D eigenvalue weighted by Crippen LogP contribution is -2.10. The molecule has 0 spiro atoms. The summed E-state index contributed by atoms with van der Waals surface area (Å²) in [7, 11) is -2.02. The smallest absolute Gasteiger partial charge is 0.273 e. The fourth-order valence-electron chi connectivity index (χ4n) is 1.68. The highest BCUT2D eigenvalue weighted by molar-refractivity contribution is 9.11. The van der Waals surface area contributed by atoms with Crippen LogP contribution in [0.15, 0.2) is 38.3 Å². The highest BCUT2D eigenvalue weighted by Gasteiger charge is 2.18. The SMILES string of the molecule is COc1ccc2nc(NS(=O)(=O)c3ccc(Br)s3)sc2c1. The predicted molar refractivity (Wildman–Crippen MR) is 89.0 cm³/mol. The third-order valence-electron chi connectivity index (χ3n) is 2.63. The molecular formula is C12H9BrN2O3S3. The summed E-state index contributed by atoms with van der Waals surface area (Å²) >= 11 is 5.67. The third kappa shape index (κ3) is 3.05. The molecule has 0 amide bonds. The van der Waals surface area contributed by atoms with Gasteiger partial charge >= 0.3 is 0 Å². The van der Waals surface area contributed by atoms with Crippen LogP contribution in [0.5, 0.6) is 5.75 Å². The van der Waals surface area contributed by atoms with Crippen LogP contribution in [0.4, 0.5) is 5.13 Å². The van der Waals surface area contributed by atoms with Gasteiger partial charge in [-0.2, -0.15) is 0 Å². The Kier molecular flexibility index (Phi) is 3.91. The molecule has 0 saturated carbocycles. The number of nitrogens with zero attached hydrogens (tertiary/aromatic N) is 1. The molecule has 0 radical (unpaired) electrons. The average molecular weight is 405 g/mol. The predicted octanol–water partition coefficient (Wildman–Crippen LogP) is 3.93. The lowest BCUT2D eigenvalue weighted by Gasteiger charge is -2.01. The first-order valence-corrected chi connectivity index (χ1v) is 9.61. The minimum Gasteiger partial charge on any atom is -0.497 e. The molecule has 3 rings (SSSR count). The summed E-state index contributed by atoms with van der Waals surface area (Å²) in [6, 6.07) is 8.66. The number of nitrogens with one attached hydrogen (secondary N) is 1. The Morgan fingerprint density at radius 3 is 2.71 bits per heavy atom. The van der Waals surface area contributed by atoms with Crippen molar-refractivity contribution in [3.63, 3.8) is 0 Å². The summed E-state index contributed by atoms with van der Waals surface area (Å²) < 4.78 is 34.0. The quantitative estimate of drug-likeness (QED) is 0.714. The number of rotatable bonds is 4. The van der Waals surface area contributed by atoms with Crippen molar-refractivity contribution in [3.8, 4) is 5.75 Å². The van der Waals surface area contributed by atoms with Crippen molar-refractivity contribution in [2.24, 2.45) is 0 Å². The first-order chi connectivity index (χ1) is 9.98. The molecule has 1 N–H and O–H groups in total. The van der Waals surface area contributed by atoms with Gasteiger partial charge in [-0.15, -0.1) is 11.3 Å². The Morgan fingerprint density at radius 2 is 2.05 bits per heavy atom. The van der Waals surface area contributed by atoms with E-state index in [2.05, 4.69) is 25.6 Å². The van der Waals surface area contributed by atoms with E-state index in [1.54, 1.807) is 31.4 Å². The largest absolute Gasteiger partial charge is 0.497 e. The molecule has 0 aliphatic rings. The number of fused-ring (bicyclic) bond motifs is 1. The molecule has 21 heavy (non-hydrogen) atoms. The van der Waals surface area contributed by atoms with Gasteiger partial charge in [-0.05, 0) is 46.3 Å². The molecule has 0 saturated heterocycles. The van der Waals surface area contributed by atoms with E-state index in [-0.39, 0.29) is 4.21 Å². The Hall–Kier alpha value is -1.16. The highest BCUT2D eigenvalue weighted by atomic mass is 79.9. The minimum atomic E-state index is -3.60. The number of hydrogen-bond donors (Lipinski definition) is 1. The molecule has 0 aliphatic heterocycles. The molecule has 5 nitrogen and oxygen atoms in total. The maximum atomic E-state index is 12.2. The molecule has 1 aromatic carbocycles. The van der Waals surface area contributed by atoms with E-state index < -0.39 is 10.0 Å². The molecule has 3 aromatic rings. The summed E-state index contributed by atoms with van der Waals surface area (Å²) in [6.07, 6.45) is 0. The van der Waals surface area contributed by atoms with Crippen molar-refractivity contribution in [3.05, 3.63) is 34.1 Å². The second-order valence-electron chi connectivity index (χ2n) is 4.02. The normalized spacial score (nSPS) is 11.7. The number of hydrogen-bond acceptors (Lipinski definition) is 6. The van der Waals surface area contributed by atoms with Crippen LogP contribution in [-0.2, 0) is 10.0 Å². The standard InChI is InChI=1S/C12H9BrN2O3S3/c1-18-7-2-3-8-9(6-7)19-12(14-8)15-21(16,17)11-5-4-10(13)20-11/h2-6H,1H3,(H,14,15). The maximum Gasteiger partial charge on any atom is 0.273 e. The van der Waals surface area contributed by atoms with E-state index in [1.807, 2.05) is 6.07 Å². The van der Waals surface area contributed by atoms with E-state index in [0.29, 0.717) is 10.9 Å². The Labute approximate surface area is 137 Å². The van der Waals surface area contributed by atoms with Gasteiger partial charge in [0.1, 0.15) is 9.96 Å². The second-order valence-corrected chi connectivity index (χ2v) is 9.42. The van der Waals surface area contributed by atoms with Crippen LogP contribution >= 0.6 is 38.6 Å². The lowest BCUT2D eigenvalue weighted by atomic mass is 10.3. The number of benzene rings is 1. The monoisotopic (exact) mass is 404 g/mol. The van der Waals surface area contributed by atoms with Gasteiger partial charge in [0.15, 0.2) is 5.13 Å². The highest BCUT2D eigenvalue weighted by Crippen LogP contribution is 2.32. The zero-order valence-corrected chi connectivity index (χ0v) is 14.7. The number of methoxy groups -OCH3 is 1. The van der Waals surface area contributed by atoms with Crippen LogP contribution in [0.1, 0.15) is 0 Å². The molecule has 0 atom stereocenters. The Bertz CT molecular complexity index is 902. The molecule has 2 heterocycles. The topological polar surface area (TPSA) is 68.3 Å². The maximum absolute atomic E-state index is 12.2. The van der Waals surface area contributed by atoms with Crippen LogP contribution in [0, 0.1) is 0 Å². The van der Waals surface area contributed by atoms with Crippen molar-refractivity contribution in [1.82, 2.24) is 4.98 Å². The van der Waals surface area contributed by atoms with Crippen molar-refractivity contribution < 1.29 is 13.2 Å². The van der Waals surface area contributed by atoms with Crippen molar-refractivity contribution in [1.29, 1.82) is 0 Å². The van der Waals surface area contributed by atoms with Gasteiger partial charge < -0.3 is 4.74 Å². The molecule has 0 aliphatic carbocycles. The molecule has 0 unspecified atom stereocenters. The van der Waals surface area contributed by atoms with Gasteiger partial charge in [0.25, 0.3) is 10.0 Å². The van der Waals surface area contributed by atoms with E-state index in [9.17, 15) is 8.42 Å². The Balaban J connectivity index is 1.94. The van der Waals surface area contributed by atoms with Gasteiger partial charge in [0.05, 0.1) is 21.1 Å². The molecule has 9 heteroatoms. The van der Waals surface area contributed by atoms with Crippen LogP contribution in [-0.4, -0.2) is 20.5 Å². The molecule has 0 fully saturated rings. The van der Waals surface area contributed by atoms with Crippen molar-refractivity contribution in [2.45, 2.75) is 4.21 Å². The van der Waals surface area contributed by atoms with Gasteiger partial charge in [-0.3, -0.25) is 4.72 Å².